The Morgan fingerprint density at radius 3 is 2.83 bits per heavy atom. The van der Waals surface area contributed by atoms with Gasteiger partial charge in [-0.15, -0.1) is 0 Å². The first-order chi connectivity index (χ1) is 8.74. The van der Waals surface area contributed by atoms with E-state index in [9.17, 15) is 0 Å². The summed E-state index contributed by atoms with van der Waals surface area (Å²) in [7, 11) is 0. The summed E-state index contributed by atoms with van der Waals surface area (Å²) < 4.78 is 0. The lowest BCUT2D eigenvalue weighted by Gasteiger charge is -2.30. The van der Waals surface area contributed by atoms with Gasteiger partial charge in [-0.2, -0.15) is 0 Å². The van der Waals surface area contributed by atoms with E-state index < -0.39 is 0 Å². The van der Waals surface area contributed by atoms with Gasteiger partial charge in [0.05, 0.1) is 17.6 Å². The van der Waals surface area contributed by atoms with E-state index in [0.717, 1.165) is 23.8 Å². The second kappa shape index (κ2) is 4.41. The first-order valence-electron chi connectivity index (χ1n) is 6.36. The van der Waals surface area contributed by atoms with E-state index in [0.29, 0.717) is 5.92 Å². The lowest BCUT2D eigenvalue weighted by atomic mass is 9.78. The number of anilines is 1. The number of aryl methyl sites for hydroxylation is 2. The molecule has 0 amide bonds. The Bertz CT molecular complexity index is 578. The number of hydrogen-bond acceptors (Lipinski definition) is 3. The molecule has 1 N–H and O–H groups in total. The Morgan fingerprint density at radius 1 is 1.22 bits per heavy atom. The molecule has 1 aromatic heterocycles. The van der Waals surface area contributed by atoms with Crippen LogP contribution in [0.2, 0.25) is 0 Å². The van der Waals surface area contributed by atoms with Crippen LogP contribution in [-0.2, 0) is 6.42 Å². The second-order valence-electron chi connectivity index (χ2n) is 4.91. The maximum Gasteiger partial charge on any atom is 0.144 e. The fourth-order valence-electron chi connectivity index (χ4n) is 2.40. The lowest BCUT2D eigenvalue weighted by molar-refractivity contribution is 0.634. The van der Waals surface area contributed by atoms with E-state index in [-0.39, 0.29) is 0 Å². The van der Waals surface area contributed by atoms with E-state index in [2.05, 4.69) is 39.6 Å². The first-order valence-corrected chi connectivity index (χ1v) is 6.36. The van der Waals surface area contributed by atoms with Crippen molar-refractivity contribution in [2.75, 3.05) is 11.9 Å². The number of nitrogens with zero attached hydrogens (tertiary/aromatic N) is 2. The van der Waals surface area contributed by atoms with Crippen molar-refractivity contribution in [3.05, 3.63) is 53.0 Å². The second-order valence-corrected chi connectivity index (χ2v) is 4.91. The van der Waals surface area contributed by atoms with Crippen molar-refractivity contribution in [3.63, 3.8) is 0 Å². The van der Waals surface area contributed by atoms with Gasteiger partial charge in [0.2, 0.25) is 0 Å². The van der Waals surface area contributed by atoms with Gasteiger partial charge < -0.3 is 5.32 Å². The molecule has 3 nitrogen and oxygen atoms in total. The van der Waals surface area contributed by atoms with Crippen molar-refractivity contribution in [3.8, 4) is 0 Å². The van der Waals surface area contributed by atoms with Crippen LogP contribution in [0.25, 0.3) is 0 Å². The molecule has 0 spiro atoms. The Hall–Kier alpha value is -1.90. The van der Waals surface area contributed by atoms with Crippen molar-refractivity contribution in [2.24, 2.45) is 0 Å². The molecule has 0 fully saturated rings. The van der Waals surface area contributed by atoms with Gasteiger partial charge in [-0.3, -0.25) is 4.98 Å². The van der Waals surface area contributed by atoms with Crippen LogP contribution >= 0.6 is 0 Å². The molecule has 0 bridgehead atoms. The maximum atomic E-state index is 4.49. The lowest BCUT2D eigenvalue weighted by Crippen LogP contribution is -2.24. The molecule has 1 aliphatic carbocycles. The Labute approximate surface area is 107 Å². The fraction of sp³-hybridized carbons (Fsp3) is 0.333. The largest absolute Gasteiger partial charge is 0.368 e. The van der Waals surface area contributed by atoms with Crippen LogP contribution in [-0.4, -0.2) is 16.5 Å². The van der Waals surface area contributed by atoms with Crippen LogP contribution in [0.15, 0.2) is 30.5 Å². The topological polar surface area (TPSA) is 37.8 Å². The summed E-state index contributed by atoms with van der Waals surface area (Å²) in [6.07, 6.45) is 2.98. The van der Waals surface area contributed by atoms with E-state index in [1.807, 2.05) is 20.0 Å². The van der Waals surface area contributed by atoms with Gasteiger partial charge in [0.15, 0.2) is 0 Å². The number of hydrogen-bond donors (Lipinski definition) is 1. The van der Waals surface area contributed by atoms with Crippen LogP contribution in [0.5, 0.6) is 0 Å². The van der Waals surface area contributed by atoms with Crippen LogP contribution in [0, 0.1) is 13.8 Å². The summed E-state index contributed by atoms with van der Waals surface area (Å²) in [6, 6.07) is 8.65. The highest BCUT2D eigenvalue weighted by Gasteiger charge is 2.24. The molecule has 0 saturated carbocycles. The molecule has 1 heterocycles. The highest BCUT2D eigenvalue weighted by Crippen LogP contribution is 2.34. The molecule has 1 aliphatic rings. The van der Waals surface area contributed by atoms with Crippen molar-refractivity contribution < 1.29 is 0 Å². The smallest absolute Gasteiger partial charge is 0.144 e. The minimum Gasteiger partial charge on any atom is -0.368 e. The standard InChI is InChI=1S/C15H17N3/c1-10-11(2)18-15(9-16-10)17-8-13-7-12-5-3-4-6-14(12)13/h3-6,9,13H,7-8H2,1-2H3,(H,17,18). The fourth-order valence-corrected chi connectivity index (χ4v) is 2.40. The summed E-state index contributed by atoms with van der Waals surface area (Å²) in [4.78, 5) is 8.81. The zero-order valence-electron chi connectivity index (χ0n) is 10.8. The molecule has 2 aromatic rings. The quantitative estimate of drug-likeness (QED) is 0.895. The molecule has 0 aliphatic heterocycles. The van der Waals surface area contributed by atoms with E-state index >= 15 is 0 Å². The molecule has 0 radical (unpaired) electrons. The average Bonchev–Trinajstić information content (AvgIpc) is 2.35. The van der Waals surface area contributed by atoms with Gasteiger partial charge in [-0.05, 0) is 31.4 Å². The molecular formula is C15H17N3. The van der Waals surface area contributed by atoms with E-state index in [4.69, 9.17) is 0 Å². The minimum absolute atomic E-state index is 0.615. The van der Waals surface area contributed by atoms with Crippen LogP contribution in [0.4, 0.5) is 5.82 Å². The predicted molar refractivity (Wildman–Crippen MR) is 72.9 cm³/mol. The van der Waals surface area contributed by atoms with Gasteiger partial charge in [-0.1, -0.05) is 24.3 Å². The molecule has 3 rings (SSSR count). The van der Waals surface area contributed by atoms with Gasteiger partial charge in [0, 0.05) is 12.5 Å². The third-order valence-corrected chi connectivity index (χ3v) is 3.68. The summed E-state index contributed by atoms with van der Waals surface area (Å²) in [5, 5.41) is 3.38. The van der Waals surface area contributed by atoms with Crippen molar-refractivity contribution in [2.45, 2.75) is 26.2 Å². The third-order valence-electron chi connectivity index (χ3n) is 3.68. The monoisotopic (exact) mass is 239 g/mol. The molecule has 1 aromatic carbocycles. The summed E-state index contributed by atoms with van der Waals surface area (Å²) in [5.74, 6) is 1.49. The summed E-state index contributed by atoms with van der Waals surface area (Å²) >= 11 is 0. The first kappa shape index (κ1) is 11.2. The maximum absolute atomic E-state index is 4.49. The van der Waals surface area contributed by atoms with Crippen LogP contribution in [0.3, 0.4) is 0 Å². The van der Waals surface area contributed by atoms with E-state index in [1.165, 1.54) is 17.5 Å². The Balaban J connectivity index is 1.65. The molecule has 0 saturated heterocycles. The number of nitrogens with one attached hydrogen (secondary N) is 1. The number of fused-ring (bicyclic) bond motifs is 1. The Kier molecular flexibility index (Phi) is 2.74. The van der Waals surface area contributed by atoms with Gasteiger partial charge >= 0.3 is 0 Å². The van der Waals surface area contributed by atoms with Crippen LogP contribution in [0.1, 0.15) is 28.4 Å². The normalized spacial score (nSPS) is 16.9. The van der Waals surface area contributed by atoms with Crippen molar-refractivity contribution in [1.82, 2.24) is 9.97 Å². The minimum atomic E-state index is 0.615. The summed E-state index contributed by atoms with van der Waals surface area (Å²) in [5.41, 5.74) is 4.95. The highest BCUT2D eigenvalue weighted by atomic mass is 15.0. The molecule has 1 atom stereocenters. The summed E-state index contributed by atoms with van der Waals surface area (Å²) in [6.45, 7) is 4.91. The highest BCUT2D eigenvalue weighted by molar-refractivity contribution is 5.42. The van der Waals surface area contributed by atoms with E-state index in [1.54, 1.807) is 0 Å². The SMILES string of the molecule is Cc1ncc(NCC2Cc3ccccc32)nc1C. The van der Waals surface area contributed by atoms with Gasteiger partial charge in [0.25, 0.3) is 0 Å². The zero-order valence-corrected chi connectivity index (χ0v) is 10.8. The molecule has 92 valence electrons. The van der Waals surface area contributed by atoms with Crippen LogP contribution < -0.4 is 5.32 Å². The van der Waals surface area contributed by atoms with Crippen molar-refractivity contribution >= 4 is 5.82 Å². The van der Waals surface area contributed by atoms with Gasteiger partial charge in [0.1, 0.15) is 5.82 Å². The van der Waals surface area contributed by atoms with Gasteiger partial charge in [-0.25, -0.2) is 4.98 Å². The molecule has 1 unspecified atom stereocenters. The molecule has 3 heteroatoms. The number of benzene rings is 1. The number of rotatable bonds is 3. The molecular weight excluding hydrogens is 222 g/mol. The molecule has 18 heavy (non-hydrogen) atoms. The third kappa shape index (κ3) is 1.96. The predicted octanol–water partition coefficient (Wildman–Crippen LogP) is 2.85. The Morgan fingerprint density at radius 2 is 2.06 bits per heavy atom. The number of aromatic nitrogens is 2. The zero-order chi connectivity index (χ0) is 12.5. The van der Waals surface area contributed by atoms with Crippen molar-refractivity contribution in [1.29, 1.82) is 0 Å². The average molecular weight is 239 g/mol.